The Morgan fingerprint density at radius 3 is 2.81 bits per heavy atom. The van der Waals surface area contributed by atoms with Crippen LogP contribution in [0.15, 0.2) is 18.2 Å². The highest BCUT2D eigenvalue weighted by Crippen LogP contribution is 2.51. The lowest BCUT2D eigenvalue weighted by atomic mass is 9.95. The van der Waals surface area contributed by atoms with Gasteiger partial charge in [0.05, 0.1) is 6.10 Å². The second kappa shape index (κ2) is 8.45. The monoisotopic (exact) mass is 465 g/mol. The largest absolute Gasteiger partial charge is 0.454 e. The second-order valence-electron chi connectivity index (χ2n) is 8.60. The highest BCUT2D eigenvalue weighted by atomic mass is 32.2. The molecule has 3 aliphatic heterocycles. The third-order valence-electron chi connectivity index (χ3n) is 5.61. The van der Waals surface area contributed by atoms with Crippen molar-refractivity contribution in [3.8, 4) is 11.5 Å². The smallest absolute Gasteiger partial charge is 0.332 e. The quantitative estimate of drug-likeness (QED) is 0.342. The van der Waals surface area contributed by atoms with Crippen LogP contribution in [-0.4, -0.2) is 64.6 Å². The molecule has 0 bridgehead atoms. The predicted octanol–water partition coefficient (Wildman–Crippen LogP) is 0.888. The molecule has 11 heteroatoms. The number of benzene rings is 1. The molecule has 1 unspecified atom stereocenters. The number of fused-ring (bicyclic) bond motifs is 2. The Bertz CT molecular complexity index is 938. The van der Waals surface area contributed by atoms with Gasteiger partial charge in [0.15, 0.2) is 18.3 Å². The van der Waals surface area contributed by atoms with E-state index in [4.69, 9.17) is 24.7 Å². The number of ether oxygens (including phenoxy) is 4. The minimum Gasteiger partial charge on any atom is -0.454 e. The van der Waals surface area contributed by atoms with Crippen molar-refractivity contribution in [3.63, 3.8) is 0 Å². The number of β-lactam (4-membered cyclic amide) rings is 1. The van der Waals surface area contributed by atoms with Crippen LogP contribution in [0.5, 0.6) is 11.5 Å². The molecule has 0 aliphatic carbocycles. The van der Waals surface area contributed by atoms with Gasteiger partial charge in [-0.2, -0.15) is 0 Å². The van der Waals surface area contributed by atoms with Gasteiger partial charge in [-0.15, -0.1) is 11.8 Å². The van der Waals surface area contributed by atoms with E-state index in [0.717, 1.165) is 0 Å². The van der Waals surface area contributed by atoms with Gasteiger partial charge < -0.3 is 34.9 Å². The number of amides is 2. The summed E-state index contributed by atoms with van der Waals surface area (Å²) in [5.74, 6) is -0.440. The topological polar surface area (TPSA) is 129 Å². The summed E-state index contributed by atoms with van der Waals surface area (Å²) in [6.07, 6.45) is -0.0845. The maximum atomic E-state index is 12.9. The lowest BCUT2D eigenvalue weighted by molar-refractivity contribution is -0.174. The number of esters is 1. The molecule has 0 aromatic heterocycles. The molecule has 3 aliphatic rings. The minimum absolute atomic E-state index is 0.0598. The Labute approximate surface area is 190 Å². The van der Waals surface area contributed by atoms with Crippen LogP contribution >= 0.6 is 11.8 Å². The first-order chi connectivity index (χ1) is 15.1. The van der Waals surface area contributed by atoms with Crippen molar-refractivity contribution in [3.05, 3.63) is 23.8 Å². The maximum absolute atomic E-state index is 12.9. The summed E-state index contributed by atoms with van der Waals surface area (Å²) in [5, 5.41) is 2.34. The lowest BCUT2D eigenvalue weighted by Crippen LogP contribution is -2.71. The van der Waals surface area contributed by atoms with E-state index in [1.54, 1.807) is 18.2 Å². The van der Waals surface area contributed by atoms with Gasteiger partial charge in [0, 0.05) is 10.3 Å². The molecule has 3 N–H and O–H groups in total. The third kappa shape index (κ3) is 3.89. The van der Waals surface area contributed by atoms with Crippen LogP contribution in [0.4, 0.5) is 0 Å². The number of hydrogen-bond donors (Lipinski definition) is 2. The van der Waals surface area contributed by atoms with Crippen LogP contribution in [0.3, 0.4) is 0 Å². The number of rotatable bonds is 7. The van der Waals surface area contributed by atoms with E-state index in [2.05, 4.69) is 5.32 Å². The van der Waals surface area contributed by atoms with Gasteiger partial charge in [-0.25, -0.2) is 4.79 Å². The van der Waals surface area contributed by atoms with E-state index >= 15 is 0 Å². The van der Waals surface area contributed by atoms with Crippen molar-refractivity contribution in [1.29, 1.82) is 0 Å². The molecule has 4 atom stereocenters. The summed E-state index contributed by atoms with van der Waals surface area (Å²) in [4.78, 5) is 39.9. The molecule has 0 saturated carbocycles. The summed E-state index contributed by atoms with van der Waals surface area (Å²) in [6.45, 7) is 7.28. The number of carbonyl (C=O) groups excluding carboxylic acids is 3. The van der Waals surface area contributed by atoms with Crippen LogP contribution in [-0.2, 0) is 23.9 Å². The number of carbonyl (C=O) groups is 3. The molecular weight excluding hydrogens is 438 g/mol. The normalized spacial score (nSPS) is 25.9. The summed E-state index contributed by atoms with van der Waals surface area (Å²) in [6, 6.07) is 2.54. The van der Waals surface area contributed by atoms with Crippen molar-refractivity contribution in [2.75, 3.05) is 13.6 Å². The standard InChI is InChI=1S/C21H27N3O7S/c1-10(2)28-8-31-20(27)16-21(3,4)32-19-14(18(26)24(16)19)23-17(25)13(22)11-6-5-7-12-15(11)30-9-29-12/h5-7,10,13-14,16,19H,8-9,22H2,1-4H3,(H,23,25)/t13?,14-,16+,19-/m1/s1. The number of nitrogens with zero attached hydrogens (tertiary/aromatic N) is 1. The first-order valence-electron chi connectivity index (χ1n) is 10.3. The lowest BCUT2D eigenvalue weighted by Gasteiger charge is -2.44. The van der Waals surface area contributed by atoms with Crippen LogP contribution in [0.25, 0.3) is 0 Å². The molecule has 0 spiro atoms. The van der Waals surface area contributed by atoms with E-state index in [1.165, 1.54) is 16.7 Å². The molecule has 2 amide bonds. The molecule has 3 heterocycles. The zero-order chi connectivity index (χ0) is 23.2. The first kappa shape index (κ1) is 22.7. The second-order valence-corrected chi connectivity index (χ2v) is 10.4. The first-order valence-corrected chi connectivity index (χ1v) is 11.2. The van der Waals surface area contributed by atoms with Gasteiger partial charge in [0.2, 0.25) is 18.6 Å². The van der Waals surface area contributed by atoms with Crippen LogP contribution in [0, 0.1) is 0 Å². The highest BCUT2D eigenvalue weighted by Gasteiger charge is 2.64. The number of nitrogens with two attached hydrogens (primary N) is 1. The number of nitrogens with one attached hydrogen (secondary N) is 1. The van der Waals surface area contributed by atoms with Crippen molar-refractivity contribution in [2.45, 2.75) is 62.0 Å². The number of hydrogen-bond acceptors (Lipinski definition) is 9. The maximum Gasteiger partial charge on any atom is 0.332 e. The van der Waals surface area contributed by atoms with E-state index in [0.29, 0.717) is 17.1 Å². The molecule has 4 rings (SSSR count). The van der Waals surface area contributed by atoms with Gasteiger partial charge in [-0.05, 0) is 33.8 Å². The fourth-order valence-electron chi connectivity index (χ4n) is 4.02. The number of thioether (sulfide) groups is 1. The Kier molecular flexibility index (Phi) is 5.99. The predicted molar refractivity (Wildman–Crippen MR) is 115 cm³/mol. The summed E-state index contributed by atoms with van der Waals surface area (Å²) in [5.41, 5.74) is 6.64. The van der Waals surface area contributed by atoms with Crippen molar-refractivity contribution in [2.24, 2.45) is 5.73 Å². The van der Waals surface area contributed by atoms with E-state index in [-0.39, 0.29) is 25.6 Å². The van der Waals surface area contributed by atoms with Crippen molar-refractivity contribution < 1.29 is 33.3 Å². The number of para-hydroxylation sites is 1. The van der Waals surface area contributed by atoms with Gasteiger partial charge in [0.1, 0.15) is 23.5 Å². The fraction of sp³-hybridized carbons (Fsp3) is 0.571. The summed E-state index contributed by atoms with van der Waals surface area (Å²) >= 11 is 1.44. The Morgan fingerprint density at radius 2 is 2.09 bits per heavy atom. The average molecular weight is 466 g/mol. The highest BCUT2D eigenvalue weighted by molar-refractivity contribution is 8.01. The van der Waals surface area contributed by atoms with E-state index in [9.17, 15) is 14.4 Å². The van der Waals surface area contributed by atoms with Crippen LogP contribution < -0.4 is 20.5 Å². The molecule has 10 nitrogen and oxygen atoms in total. The molecule has 2 fully saturated rings. The van der Waals surface area contributed by atoms with Gasteiger partial charge in [-0.1, -0.05) is 12.1 Å². The molecule has 174 valence electrons. The van der Waals surface area contributed by atoms with Gasteiger partial charge in [0.25, 0.3) is 0 Å². The van der Waals surface area contributed by atoms with Crippen LogP contribution in [0.2, 0.25) is 0 Å². The molecule has 1 aromatic carbocycles. The van der Waals surface area contributed by atoms with Crippen LogP contribution in [0.1, 0.15) is 39.3 Å². The molecule has 0 radical (unpaired) electrons. The van der Waals surface area contributed by atoms with Gasteiger partial charge in [-0.3, -0.25) is 9.59 Å². The Morgan fingerprint density at radius 1 is 1.34 bits per heavy atom. The molecule has 2 saturated heterocycles. The summed E-state index contributed by atoms with van der Waals surface area (Å²) < 4.78 is 20.7. The third-order valence-corrected chi connectivity index (χ3v) is 7.18. The Balaban J connectivity index is 1.42. The Hall–Kier alpha value is -2.50. The molecular formula is C21H27N3O7S. The van der Waals surface area contributed by atoms with E-state index in [1.807, 2.05) is 27.7 Å². The van der Waals surface area contributed by atoms with Crippen molar-refractivity contribution in [1.82, 2.24) is 10.2 Å². The SMILES string of the molecule is CC(C)OCOC(=O)[C@@H]1N2C(=O)[C@@H](NC(=O)C(N)c3cccc4c3OCO4)[C@H]2SC1(C)C. The minimum atomic E-state index is -1.04. The van der Waals surface area contributed by atoms with Gasteiger partial charge >= 0.3 is 5.97 Å². The zero-order valence-electron chi connectivity index (χ0n) is 18.3. The van der Waals surface area contributed by atoms with E-state index < -0.39 is 40.1 Å². The average Bonchev–Trinajstić information content (AvgIpc) is 3.31. The molecule has 32 heavy (non-hydrogen) atoms. The fourth-order valence-corrected chi connectivity index (χ4v) is 5.64. The summed E-state index contributed by atoms with van der Waals surface area (Å²) in [7, 11) is 0. The molecule has 1 aromatic rings. The van der Waals surface area contributed by atoms with Crippen molar-refractivity contribution >= 4 is 29.5 Å². The zero-order valence-corrected chi connectivity index (χ0v) is 19.1.